The van der Waals surface area contributed by atoms with Crippen LogP contribution in [0.2, 0.25) is 0 Å². The zero-order chi connectivity index (χ0) is 15.5. The molecule has 0 spiro atoms. The first-order valence-corrected chi connectivity index (χ1v) is 9.11. The third-order valence-electron chi connectivity index (χ3n) is 3.75. The van der Waals surface area contributed by atoms with E-state index in [-0.39, 0.29) is 10.5 Å². The minimum atomic E-state index is -3.68. The van der Waals surface area contributed by atoms with Crippen LogP contribution in [-0.2, 0) is 10.0 Å². The van der Waals surface area contributed by atoms with Crippen LogP contribution in [0.3, 0.4) is 0 Å². The third-order valence-corrected chi connectivity index (χ3v) is 6.99. The molecule has 0 aromatic heterocycles. The zero-order valence-electron chi connectivity index (χ0n) is 11.6. The number of rotatable bonds is 3. The van der Waals surface area contributed by atoms with Crippen LogP contribution in [0.1, 0.15) is 18.4 Å². The molecule has 1 aromatic rings. The highest BCUT2D eigenvalue weighted by atomic mass is 32.2. The van der Waals surface area contributed by atoms with Gasteiger partial charge in [0, 0.05) is 13.1 Å². The van der Waals surface area contributed by atoms with Gasteiger partial charge in [-0.1, -0.05) is 12.1 Å². The summed E-state index contributed by atoms with van der Waals surface area (Å²) >= 11 is 1.47. The Morgan fingerprint density at radius 3 is 2.38 bits per heavy atom. The van der Waals surface area contributed by atoms with Crippen LogP contribution in [0.4, 0.5) is 0 Å². The van der Waals surface area contributed by atoms with Crippen molar-refractivity contribution in [1.82, 2.24) is 4.31 Å². The fourth-order valence-corrected chi connectivity index (χ4v) is 4.64. The number of thioether (sulfide) groups is 1. The highest BCUT2D eigenvalue weighted by Gasteiger charge is 2.38. The molecule has 1 aliphatic rings. The molecule has 5 nitrogen and oxygen atoms in total. The summed E-state index contributed by atoms with van der Waals surface area (Å²) in [7, 11) is -3.68. The van der Waals surface area contributed by atoms with E-state index in [0.717, 1.165) is 0 Å². The summed E-state index contributed by atoms with van der Waals surface area (Å²) in [5, 5.41) is 18.3. The van der Waals surface area contributed by atoms with Gasteiger partial charge < -0.3 is 0 Å². The van der Waals surface area contributed by atoms with E-state index in [0.29, 0.717) is 25.9 Å². The van der Waals surface area contributed by atoms with Gasteiger partial charge in [0.25, 0.3) is 0 Å². The van der Waals surface area contributed by atoms with Gasteiger partial charge in [-0.25, -0.2) is 8.42 Å². The second-order valence-electron chi connectivity index (χ2n) is 4.82. The summed E-state index contributed by atoms with van der Waals surface area (Å²) in [6, 6.07) is 10.4. The first kappa shape index (κ1) is 15.8. The van der Waals surface area contributed by atoms with Gasteiger partial charge in [-0.3, -0.25) is 0 Å². The molecule has 2 rings (SSSR count). The quantitative estimate of drug-likeness (QED) is 0.849. The lowest BCUT2D eigenvalue weighted by atomic mass is 9.99. The van der Waals surface area contributed by atoms with Crippen molar-refractivity contribution in [1.29, 1.82) is 10.5 Å². The fraction of sp³-hybridized carbons (Fsp3) is 0.429. The van der Waals surface area contributed by atoms with Crippen molar-refractivity contribution in [2.45, 2.75) is 22.5 Å². The molecule has 1 aromatic carbocycles. The van der Waals surface area contributed by atoms with E-state index in [4.69, 9.17) is 5.26 Å². The minimum Gasteiger partial charge on any atom is -0.207 e. The van der Waals surface area contributed by atoms with Crippen LogP contribution >= 0.6 is 11.8 Å². The Bertz CT molecular complexity index is 708. The smallest absolute Gasteiger partial charge is 0.207 e. The number of benzene rings is 1. The molecule has 0 unspecified atom stereocenters. The molecular formula is C14H15N3O2S2. The first-order chi connectivity index (χ1) is 9.99. The maximum atomic E-state index is 12.6. The molecule has 0 bridgehead atoms. The van der Waals surface area contributed by atoms with Crippen molar-refractivity contribution in [3.05, 3.63) is 29.8 Å². The molecule has 1 aliphatic heterocycles. The van der Waals surface area contributed by atoms with Crippen LogP contribution in [0.15, 0.2) is 29.2 Å². The number of hydrogen-bond donors (Lipinski definition) is 0. The van der Waals surface area contributed by atoms with Gasteiger partial charge in [0.15, 0.2) is 0 Å². The van der Waals surface area contributed by atoms with Crippen molar-refractivity contribution in [2.75, 3.05) is 19.3 Å². The highest BCUT2D eigenvalue weighted by molar-refractivity contribution is 8.00. The summed E-state index contributed by atoms with van der Waals surface area (Å²) in [6.45, 7) is 0.604. The Morgan fingerprint density at radius 2 is 1.86 bits per heavy atom. The summed E-state index contributed by atoms with van der Waals surface area (Å²) in [5.74, 6) is 0. The zero-order valence-corrected chi connectivity index (χ0v) is 13.2. The standard InChI is InChI=1S/C14H15N3O2S2/c1-20-14(11-16)6-8-17(9-7-14)21(18,19)13-5-3-2-4-12(13)10-15/h2-5H,6-9H2,1H3. The summed E-state index contributed by atoms with van der Waals surface area (Å²) in [4.78, 5) is 0.0427. The SMILES string of the molecule is CSC1(C#N)CCN(S(=O)(=O)c2ccccc2C#N)CC1. The van der Waals surface area contributed by atoms with Gasteiger partial charge in [0.2, 0.25) is 10.0 Å². The number of piperidine rings is 1. The van der Waals surface area contributed by atoms with Crippen LogP contribution in [0.5, 0.6) is 0 Å². The molecule has 0 amide bonds. The Morgan fingerprint density at radius 1 is 1.24 bits per heavy atom. The number of nitriles is 2. The topological polar surface area (TPSA) is 85.0 Å². The van der Waals surface area contributed by atoms with Crippen molar-refractivity contribution < 1.29 is 8.42 Å². The van der Waals surface area contributed by atoms with Gasteiger partial charge >= 0.3 is 0 Å². The van der Waals surface area contributed by atoms with E-state index >= 15 is 0 Å². The molecule has 1 fully saturated rings. The Hall–Kier alpha value is -1.54. The van der Waals surface area contributed by atoms with Crippen molar-refractivity contribution in [2.24, 2.45) is 0 Å². The Labute approximate surface area is 129 Å². The molecule has 0 radical (unpaired) electrons. The first-order valence-electron chi connectivity index (χ1n) is 6.45. The average molecular weight is 321 g/mol. The van der Waals surface area contributed by atoms with Gasteiger partial charge in [-0.2, -0.15) is 14.8 Å². The molecule has 0 atom stereocenters. The lowest BCUT2D eigenvalue weighted by molar-refractivity contribution is 0.327. The molecular weight excluding hydrogens is 306 g/mol. The second kappa shape index (κ2) is 6.07. The largest absolute Gasteiger partial charge is 0.244 e. The fourth-order valence-electron chi connectivity index (χ4n) is 2.37. The normalized spacial score (nSPS) is 18.6. The number of sulfonamides is 1. The van der Waals surface area contributed by atoms with Crippen LogP contribution in [0, 0.1) is 22.7 Å². The monoisotopic (exact) mass is 321 g/mol. The van der Waals surface area contributed by atoms with Crippen LogP contribution < -0.4 is 0 Å². The third kappa shape index (κ3) is 2.91. The summed E-state index contributed by atoms with van der Waals surface area (Å²) < 4.78 is 26.2. The maximum Gasteiger partial charge on any atom is 0.244 e. The highest BCUT2D eigenvalue weighted by Crippen LogP contribution is 2.35. The van der Waals surface area contributed by atoms with Gasteiger partial charge in [-0.05, 0) is 31.2 Å². The van der Waals surface area contributed by atoms with Gasteiger partial charge in [0.1, 0.15) is 10.8 Å². The van der Waals surface area contributed by atoms with E-state index in [1.807, 2.05) is 12.3 Å². The molecule has 1 heterocycles. The molecule has 110 valence electrons. The van der Waals surface area contributed by atoms with Crippen molar-refractivity contribution in [3.8, 4) is 12.1 Å². The summed E-state index contributed by atoms with van der Waals surface area (Å²) in [6.07, 6.45) is 2.87. The Balaban J connectivity index is 2.28. The van der Waals surface area contributed by atoms with E-state index in [1.54, 1.807) is 12.1 Å². The molecule has 7 heteroatoms. The molecule has 1 saturated heterocycles. The lowest BCUT2D eigenvalue weighted by Crippen LogP contribution is -2.44. The van der Waals surface area contributed by atoms with E-state index in [9.17, 15) is 13.7 Å². The van der Waals surface area contributed by atoms with E-state index < -0.39 is 14.8 Å². The molecule has 21 heavy (non-hydrogen) atoms. The second-order valence-corrected chi connectivity index (χ2v) is 7.92. The molecule has 0 N–H and O–H groups in total. The van der Waals surface area contributed by atoms with Crippen molar-refractivity contribution in [3.63, 3.8) is 0 Å². The van der Waals surface area contributed by atoms with Crippen LogP contribution in [-0.4, -0.2) is 36.8 Å². The van der Waals surface area contributed by atoms with Gasteiger partial charge in [-0.15, -0.1) is 11.8 Å². The number of nitrogens with zero attached hydrogens (tertiary/aromatic N) is 3. The Kier molecular flexibility index (Phi) is 4.58. The number of hydrogen-bond acceptors (Lipinski definition) is 5. The van der Waals surface area contributed by atoms with Gasteiger partial charge in [0.05, 0.1) is 16.5 Å². The summed E-state index contributed by atoms with van der Waals surface area (Å²) in [5.41, 5.74) is 0.152. The maximum absolute atomic E-state index is 12.6. The van der Waals surface area contributed by atoms with E-state index in [2.05, 4.69) is 6.07 Å². The lowest BCUT2D eigenvalue weighted by Gasteiger charge is -2.35. The average Bonchev–Trinajstić information content (AvgIpc) is 2.54. The van der Waals surface area contributed by atoms with E-state index in [1.165, 1.54) is 28.2 Å². The van der Waals surface area contributed by atoms with Crippen LogP contribution in [0.25, 0.3) is 0 Å². The molecule has 0 aliphatic carbocycles. The predicted molar refractivity (Wildman–Crippen MR) is 81.0 cm³/mol. The molecule has 0 saturated carbocycles. The van der Waals surface area contributed by atoms with Crippen molar-refractivity contribution >= 4 is 21.8 Å². The minimum absolute atomic E-state index is 0.0427. The predicted octanol–water partition coefficient (Wildman–Crippen LogP) is 1.97.